The molecule has 0 N–H and O–H groups in total. The second kappa shape index (κ2) is 7.27. The SMILES string of the molecule is CC(=O)CCO[PH](=O)c1ccc(C(C)=O)cc1C(C)=O. The zero-order valence-electron chi connectivity index (χ0n) is 11.7. The Hall–Kier alpha value is -1.58. The Morgan fingerprint density at radius 1 is 1.10 bits per heavy atom. The van der Waals surface area contributed by atoms with E-state index < -0.39 is 8.03 Å². The third kappa shape index (κ3) is 4.51. The van der Waals surface area contributed by atoms with E-state index in [4.69, 9.17) is 4.52 Å². The second-order valence-electron chi connectivity index (χ2n) is 4.46. The molecule has 1 rings (SSSR count). The second-order valence-corrected chi connectivity index (χ2v) is 5.86. The van der Waals surface area contributed by atoms with Crippen molar-refractivity contribution in [2.24, 2.45) is 0 Å². The Morgan fingerprint density at radius 3 is 2.25 bits per heavy atom. The van der Waals surface area contributed by atoms with Crippen LogP contribution in [0.15, 0.2) is 18.2 Å². The summed E-state index contributed by atoms with van der Waals surface area (Å²) in [6, 6.07) is 4.42. The summed E-state index contributed by atoms with van der Waals surface area (Å²) in [5.41, 5.74) is 0.613. The molecule has 0 bridgehead atoms. The number of benzene rings is 1. The summed E-state index contributed by atoms with van der Waals surface area (Å²) in [4.78, 5) is 33.7. The molecular weight excluding hydrogens is 279 g/mol. The Labute approximate surface area is 118 Å². The third-order valence-corrected chi connectivity index (χ3v) is 4.05. The van der Waals surface area contributed by atoms with Crippen molar-refractivity contribution >= 4 is 30.7 Å². The largest absolute Gasteiger partial charge is 0.327 e. The van der Waals surface area contributed by atoms with Crippen molar-refractivity contribution < 1.29 is 23.5 Å². The molecule has 0 aliphatic heterocycles. The molecule has 0 radical (unpaired) electrons. The Kier molecular flexibility index (Phi) is 5.99. The maximum Gasteiger partial charge on any atom is 0.221 e. The molecule has 0 saturated carbocycles. The highest BCUT2D eigenvalue weighted by Gasteiger charge is 2.15. The van der Waals surface area contributed by atoms with Crippen molar-refractivity contribution in [3.63, 3.8) is 0 Å². The zero-order chi connectivity index (χ0) is 15.3. The van der Waals surface area contributed by atoms with Crippen LogP contribution in [0, 0.1) is 0 Å². The van der Waals surface area contributed by atoms with Crippen LogP contribution in [-0.4, -0.2) is 24.0 Å². The monoisotopic (exact) mass is 296 g/mol. The van der Waals surface area contributed by atoms with E-state index in [0.717, 1.165) is 0 Å². The lowest BCUT2D eigenvalue weighted by atomic mass is 10.1. The van der Waals surface area contributed by atoms with Crippen molar-refractivity contribution in [3.8, 4) is 0 Å². The molecule has 1 unspecified atom stereocenters. The van der Waals surface area contributed by atoms with Gasteiger partial charge in [0.15, 0.2) is 11.6 Å². The van der Waals surface area contributed by atoms with Crippen molar-refractivity contribution in [2.75, 3.05) is 6.61 Å². The molecule has 108 valence electrons. The molecule has 0 fully saturated rings. The van der Waals surface area contributed by atoms with Gasteiger partial charge in [-0.05, 0) is 32.9 Å². The van der Waals surface area contributed by atoms with E-state index in [0.29, 0.717) is 5.56 Å². The average molecular weight is 296 g/mol. The normalized spacial score (nSPS) is 11.9. The minimum atomic E-state index is -2.61. The van der Waals surface area contributed by atoms with Crippen molar-refractivity contribution in [3.05, 3.63) is 29.3 Å². The van der Waals surface area contributed by atoms with Gasteiger partial charge in [-0.1, -0.05) is 6.07 Å². The van der Waals surface area contributed by atoms with Gasteiger partial charge in [0.25, 0.3) is 0 Å². The molecule has 0 spiro atoms. The van der Waals surface area contributed by atoms with E-state index in [1.54, 1.807) is 0 Å². The lowest BCUT2D eigenvalue weighted by molar-refractivity contribution is -0.117. The van der Waals surface area contributed by atoms with E-state index in [1.807, 2.05) is 0 Å². The summed E-state index contributed by atoms with van der Waals surface area (Å²) in [6.45, 7) is 4.21. The van der Waals surface area contributed by atoms with Crippen molar-refractivity contribution in [2.45, 2.75) is 27.2 Å². The van der Waals surface area contributed by atoms with Crippen LogP contribution in [0.25, 0.3) is 0 Å². The van der Waals surface area contributed by atoms with Crippen molar-refractivity contribution in [1.29, 1.82) is 0 Å². The van der Waals surface area contributed by atoms with Crippen LogP contribution < -0.4 is 5.30 Å². The van der Waals surface area contributed by atoms with E-state index in [1.165, 1.54) is 39.0 Å². The van der Waals surface area contributed by atoms with Gasteiger partial charge in [-0.2, -0.15) is 0 Å². The molecule has 1 aromatic carbocycles. The van der Waals surface area contributed by atoms with Gasteiger partial charge in [0.05, 0.1) is 6.61 Å². The van der Waals surface area contributed by atoms with Gasteiger partial charge >= 0.3 is 0 Å². The predicted octanol–water partition coefficient (Wildman–Crippen LogP) is 2.19. The maximum atomic E-state index is 12.0. The number of carbonyl (C=O) groups is 3. The Balaban J connectivity index is 2.99. The lowest BCUT2D eigenvalue weighted by Crippen LogP contribution is -2.13. The number of Topliss-reactive ketones (excluding diaryl/α,β-unsaturated/α-hetero) is 3. The number of ketones is 3. The molecule has 0 amide bonds. The Bertz CT molecular complexity index is 577. The van der Waals surface area contributed by atoms with Gasteiger partial charge in [0.2, 0.25) is 8.03 Å². The van der Waals surface area contributed by atoms with Gasteiger partial charge in [-0.15, -0.1) is 0 Å². The molecule has 0 saturated heterocycles. The standard InChI is InChI=1S/C14H17O5P/c1-9(15)6-7-19-20(18)14-5-4-12(10(2)16)8-13(14)11(3)17/h4-5,8,20H,6-7H2,1-3H3. The molecule has 1 atom stereocenters. The van der Waals surface area contributed by atoms with E-state index in [9.17, 15) is 18.9 Å². The quantitative estimate of drug-likeness (QED) is 0.569. The number of rotatable bonds is 7. The summed E-state index contributed by atoms with van der Waals surface area (Å²) in [6.07, 6.45) is 0.178. The molecule has 20 heavy (non-hydrogen) atoms. The molecular formula is C14H17O5P. The summed E-state index contributed by atoms with van der Waals surface area (Å²) in [5, 5.41) is 0.288. The Morgan fingerprint density at radius 2 is 1.75 bits per heavy atom. The van der Waals surface area contributed by atoms with Gasteiger partial charge in [-0.25, -0.2) is 0 Å². The van der Waals surface area contributed by atoms with E-state index in [-0.39, 0.29) is 41.2 Å². The highest BCUT2D eigenvalue weighted by Crippen LogP contribution is 2.25. The van der Waals surface area contributed by atoms with Crippen LogP contribution in [0.5, 0.6) is 0 Å². The molecule has 0 heterocycles. The first-order valence-corrected chi connectivity index (χ1v) is 7.47. The van der Waals surface area contributed by atoms with Gasteiger partial charge in [0.1, 0.15) is 5.78 Å². The minimum Gasteiger partial charge on any atom is -0.327 e. The molecule has 0 aromatic heterocycles. The van der Waals surface area contributed by atoms with Crippen LogP contribution >= 0.6 is 8.03 Å². The van der Waals surface area contributed by atoms with Gasteiger partial charge in [0, 0.05) is 22.9 Å². The summed E-state index contributed by atoms with van der Waals surface area (Å²) < 4.78 is 17.2. The maximum absolute atomic E-state index is 12.0. The molecule has 1 aromatic rings. The summed E-state index contributed by atoms with van der Waals surface area (Å²) in [5.74, 6) is -0.508. The minimum absolute atomic E-state index is 0.0545. The molecule has 0 aliphatic carbocycles. The first-order chi connectivity index (χ1) is 9.32. The average Bonchev–Trinajstić information content (AvgIpc) is 2.37. The first-order valence-electron chi connectivity index (χ1n) is 6.15. The zero-order valence-corrected chi connectivity index (χ0v) is 12.7. The fraction of sp³-hybridized carbons (Fsp3) is 0.357. The highest BCUT2D eigenvalue weighted by molar-refractivity contribution is 7.48. The summed E-state index contributed by atoms with van der Waals surface area (Å²) >= 11 is 0. The predicted molar refractivity (Wildman–Crippen MR) is 76.3 cm³/mol. The van der Waals surface area contributed by atoms with E-state index >= 15 is 0 Å². The molecule has 6 heteroatoms. The van der Waals surface area contributed by atoms with Crippen LogP contribution in [-0.2, 0) is 13.9 Å². The number of hydrogen-bond acceptors (Lipinski definition) is 5. The molecule has 0 aliphatic rings. The van der Waals surface area contributed by atoms with Gasteiger partial charge in [-0.3, -0.25) is 18.9 Å². The van der Waals surface area contributed by atoms with E-state index in [2.05, 4.69) is 0 Å². The van der Waals surface area contributed by atoms with Crippen LogP contribution in [0.3, 0.4) is 0 Å². The number of carbonyl (C=O) groups excluding carboxylic acids is 3. The highest BCUT2D eigenvalue weighted by atomic mass is 31.1. The topological polar surface area (TPSA) is 77.5 Å². The lowest BCUT2D eigenvalue weighted by Gasteiger charge is -2.09. The van der Waals surface area contributed by atoms with Crippen LogP contribution in [0.4, 0.5) is 0 Å². The fourth-order valence-corrected chi connectivity index (χ4v) is 2.73. The first kappa shape index (κ1) is 16.5. The fourth-order valence-electron chi connectivity index (χ4n) is 1.60. The summed E-state index contributed by atoms with van der Waals surface area (Å²) in [7, 11) is -2.61. The van der Waals surface area contributed by atoms with Crippen LogP contribution in [0.2, 0.25) is 0 Å². The third-order valence-electron chi connectivity index (χ3n) is 2.71. The van der Waals surface area contributed by atoms with Crippen molar-refractivity contribution in [1.82, 2.24) is 0 Å². The van der Waals surface area contributed by atoms with Crippen LogP contribution in [0.1, 0.15) is 47.9 Å². The van der Waals surface area contributed by atoms with Gasteiger partial charge < -0.3 is 4.52 Å². The molecule has 5 nitrogen and oxygen atoms in total. The smallest absolute Gasteiger partial charge is 0.221 e. The number of hydrogen-bond donors (Lipinski definition) is 0.